The molecule has 0 saturated heterocycles. The Morgan fingerprint density at radius 2 is 2.00 bits per heavy atom. The van der Waals surface area contributed by atoms with Crippen molar-refractivity contribution in [1.82, 2.24) is 0 Å². The molecule has 0 fully saturated rings. The van der Waals surface area contributed by atoms with Crippen molar-refractivity contribution in [1.29, 1.82) is 0 Å². The number of para-hydroxylation sites is 1. The lowest BCUT2D eigenvalue weighted by atomic mass is 10.3. The molecule has 0 atom stereocenters. The third-order valence-corrected chi connectivity index (χ3v) is 1.37. The van der Waals surface area contributed by atoms with Gasteiger partial charge in [0.05, 0.1) is 12.1 Å². The van der Waals surface area contributed by atoms with Crippen LogP contribution in [0.2, 0.25) is 5.02 Å². The average Bonchev–Trinajstić information content (AvgIpc) is 2.07. The van der Waals surface area contributed by atoms with Gasteiger partial charge in [0.2, 0.25) is 0 Å². The molecular weight excluding hydrogens is 180 g/mol. The second-order valence-corrected chi connectivity index (χ2v) is 2.15. The molecule has 1 rings (SSSR count). The highest BCUT2D eigenvalue weighted by Gasteiger charge is 1.93. The zero-order valence-electron chi connectivity index (χ0n) is 6.53. The van der Waals surface area contributed by atoms with Crippen molar-refractivity contribution in [3.8, 4) is 5.75 Å². The number of hydrogen-bond donors (Lipinski definition) is 1. The predicted molar refractivity (Wildman–Crippen MR) is 46.7 cm³/mol. The predicted octanol–water partition coefficient (Wildman–Crippen LogP) is 2.05. The Labute approximate surface area is 75.5 Å². The van der Waals surface area contributed by atoms with Crippen LogP contribution in [0.1, 0.15) is 0 Å². The van der Waals surface area contributed by atoms with E-state index in [1.807, 2.05) is 18.2 Å². The third kappa shape index (κ3) is 3.83. The van der Waals surface area contributed by atoms with Crippen molar-refractivity contribution in [2.24, 2.45) is 0 Å². The van der Waals surface area contributed by atoms with Gasteiger partial charge in [0.25, 0.3) is 6.47 Å². The molecule has 0 bridgehead atoms. The van der Waals surface area contributed by atoms with E-state index in [4.69, 9.17) is 26.2 Å². The molecule has 0 unspecified atom stereocenters. The van der Waals surface area contributed by atoms with E-state index in [-0.39, 0.29) is 6.47 Å². The van der Waals surface area contributed by atoms with Crippen molar-refractivity contribution < 1.29 is 14.6 Å². The molecule has 4 heteroatoms. The Bertz CT molecular complexity index is 237. The molecule has 1 aromatic rings. The largest absolute Gasteiger partial charge is 0.495 e. The van der Waals surface area contributed by atoms with Gasteiger partial charge in [-0.15, -0.1) is 0 Å². The Balaban J connectivity index is 0.000000354. The number of methoxy groups -OCH3 is 1. The topological polar surface area (TPSA) is 46.5 Å². The van der Waals surface area contributed by atoms with Crippen molar-refractivity contribution in [3.63, 3.8) is 0 Å². The van der Waals surface area contributed by atoms with E-state index in [0.717, 1.165) is 5.75 Å². The monoisotopic (exact) mass is 188 g/mol. The minimum Gasteiger partial charge on any atom is -0.495 e. The molecule has 0 aliphatic carbocycles. The summed E-state index contributed by atoms with van der Waals surface area (Å²) >= 11 is 5.70. The van der Waals surface area contributed by atoms with Gasteiger partial charge < -0.3 is 9.84 Å². The summed E-state index contributed by atoms with van der Waals surface area (Å²) in [5.74, 6) is 0.721. The van der Waals surface area contributed by atoms with Gasteiger partial charge in [-0.05, 0) is 12.1 Å². The summed E-state index contributed by atoms with van der Waals surface area (Å²) in [6.07, 6.45) is 0. The van der Waals surface area contributed by atoms with Crippen LogP contribution in [0.25, 0.3) is 0 Å². The molecule has 12 heavy (non-hydrogen) atoms. The Hall–Kier alpha value is -1.22. The fraction of sp³-hybridized carbons (Fsp3) is 0.125. The molecule has 66 valence electrons. The van der Waals surface area contributed by atoms with Gasteiger partial charge in [0, 0.05) is 0 Å². The fourth-order valence-corrected chi connectivity index (χ4v) is 0.823. The van der Waals surface area contributed by atoms with Gasteiger partial charge in [0.1, 0.15) is 5.75 Å². The molecule has 0 aliphatic heterocycles. The SMILES string of the molecule is COc1ccccc1Cl.O=CO. The molecule has 1 aromatic carbocycles. The molecule has 1 N–H and O–H groups in total. The Kier molecular flexibility index (Phi) is 5.83. The van der Waals surface area contributed by atoms with Crippen LogP contribution < -0.4 is 4.74 Å². The van der Waals surface area contributed by atoms with E-state index in [1.165, 1.54) is 0 Å². The number of carbonyl (C=O) groups is 1. The van der Waals surface area contributed by atoms with Crippen molar-refractivity contribution in [2.75, 3.05) is 7.11 Å². The summed E-state index contributed by atoms with van der Waals surface area (Å²) in [5.41, 5.74) is 0. The van der Waals surface area contributed by atoms with Crippen molar-refractivity contribution in [3.05, 3.63) is 29.3 Å². The number of hydrogen-bond acceptors (Lipinski definition) is 2. The molecular formula is C8H9ClO3. The maximum absolute atomic E-state index is 8.36. The molecule has 0 heterocycles. The van der Waals surface area contributed by atoms with Crippen LogP contribution in [0.5, 0.6) is 5.75 Å². The van der Waals surface area contributed by atoms with E-state index in [9.17, 15) is 0 Å². The van der Waals surface area contributed by atoms with E-state index >= 15 is 0 Å². The molecule has 0 aromatic heterocycles. The van der Waals surface area contributed by atoms with E-state index in [1.54, 1.807) is 13.2 Å². The van der Waals surface area contributed by atoms with Gasteiger partial charge in [-0.2, -0.15) is 0 Å². The standard InChI is InChI=1S/C7H7ClO.CH2O2/c1-9-7-5-3-2-4-6(7)8;2-1-3/h2-5H,1H3;1H,(H,2,3). The van der Waals surface area contributed by atoms with Crippen LogP contribution in [-0.4, -0.2) is 18.7 Å². The highest BCUT2D eigenvalue weighted by Crippen LogP contribution is 2.21. The van der Waals surface area contributed by atoms with Crippen LogP contribution in [0, 0.1) is 0 Å². The molecule has 0 amide bonds. The Morgan fingerprint density at radius 1 is 1.50 bits per heavy atom. The smallest absolute Gasteiger partial charge is 0.290 e. The normalized spacial score (nSPS) is 7.83. The number of carboxylic acid groups (broad SMARTS) is 1. The highest BCUT2D eigenvalue weighted by molar-refractivity contribution is 6.32. The number of benzene rings is 1. The molecule has 0 radical (unpaired) electrons. The summed E-state index contributed by atoms with van der Waals surface area (Å²) in [6, 6.07) is 7.36. The first kappa shape index (κ1) is 10.8. The first-order valence-corrected chi connectivity index (χ1v) is 3.50. The van der Waals surface area contributed by atoms with Gasteiger partial charge in [-0.1, -0.05) is 23.7 Å². The van der Waals surface area contributed by atoms with Crippen molar-refractivity contribution >= 4 is 18.1 Å². The van der Waals surface area contributed by atoms with Crippen LogP contribution in [0.3, 0.4) is 0 Å². The summed E-state index contributed by atoms with van der Waals surface area (Å²) in [6.45, 7) is -0.250. The molecule has 3 nitrogen and oxygen atoms in total. The zero-order valence-corrected chi connectivity index (χ0v) is 7.28. The lowest BCUT2D eigenvalue weighted by Gasteiger charge is -1.98. The lowest BCUT2D eigenvalue weighted by molar-refractivity contribution is -0.122. The van der Waals surface area contributed by atoms with Gasteiger partial charge in [0.15, 0.2) is 0 Å². The van der Waals surface area contributed by atoms with Crippen LogP contribution in [-0.2, 0) is 4.79 Å². The van der Waals surface area contributed by atoms with Gasteiger partial charge in [-0.3, -0.25) is 4.79 Å². The summed E-state index contributed by atoms with van der Waals surface area (Å²) in [5, 5.41) is 7.54. The summed E-state index contributed by atoms with van der Waals surface area (Å²) < 4.78 is 4.91. The van der Waals surface area contributed by atoms with E-state index in [0.29, 0.717) is 5.02 Å². The zero-order chi connectivity index (χ0) is 9.40. The summed E-state index contributed by atoms with van der Waals surface area (Å²) in [7, 11) is 1.60. The minimum atomic E-state index is -0.250. The number of ether oxygens (including phenoxy) is 1. The van der Waals surface area contributed by atoms with E-state index < -0.39 is 0 Å². The second kappa shape index (κ2) is 6.49. The molecule has 0 saturated carbocycles. The third-order valence-electron chi connectivity index (χ3n) is 1.06. The Morgan fingerprint density at radius 3 is 2.33 bits per heavy atom. The first-order valence-electron chi connectivity index (χ1n) is 3.12. The first-order chi connectivity index (χ1) is 5.76. The van der Waals surface area contributed by atoms with Crippen LogP contribution >= 0.6 is 11.6 Å². The van der Waals surface area contributed by atoms with E-state index in [2.05, 4.69) is 0 Å². The maximum Gasteiger partial charge on any atom is 0.290 e. The minimum absolute atomic E-state index is 0.250. The van der Waals surface area contributed by atoms with Gasteiger partial charge >= 0.3 is 0 Å². The second-order valence-electron chi connectivity index (χ2n) is 1.74. The fourth-order valence-electron chi connectivity index (χ4n) is 0.610. The van der Waals surface area contributed by atoms with Crippen molar-refractivity contribution in [2.45, 2.75) is 0 Å². The van der Waals surface area contributed by atoms with Crippen LogP contribution in [0.15, 0.2) is 24.3 Å². The molecule has 0 spiro atoms. The van der Waals surface area contributed by atoms with Gasteiger partial charge in [-0.25, -0.2) is 0 Å². The quantitative estimate of drug-likeness (QED) is 0.687. The average molecular weight is 189 g/mol. The summed E-state index contributed by atoms with van der Waals surface area (Å²) in [4.78, 5) is 8.36. The number of rotatable bonds is 1. The lowest BCUT2D eigenvalue weighted by Crippen LogP contribution is -1.81. The maximum atomic E-state index is 8.36. The number of halogens is 1. The van der Waals surface area contributed by atoms with Crippen LogP contribution in [0.4, 0.5) is 0 Å². The highest BCUT2D eigenvalue weighted by atomic mass is 35.5. The molecule has 0 aliphatic rings.